The Morgan fingerprint density at radius 2 is 1.61 bits per heavy atom. The minimum atomic E-state index is -0.0923. The third-order valence-corrected chi connectivity index (χ3v) is 4.74. The number of carbonyl (C=O) groups excluding carboxylic acids is 2. The zero-order valence-electron chi connectivity index (χ0n) is 17.2. The lowest BCUT2D eigenvalue weighted by Gasteiger charge is -2.30. The number of ether oxygens (including phenoxy) is 1. The van der Waals surface area contributed by atoms with Gasteiger partial charge in [0.05, 0.1) is 13.7 Å². The highest BCUT2D eigenvalue weighted by atomic mass is 16.5. The number of hydrogen-bond acceptors (Lipinski definition) is 3. The third-order valence-electron chi connectivity index (χ3n) is 4.74. The Morgan fingerprint density at radius 1 is 0.964 bits per heavy atom. The van der Waals surface area contributed by atoms with E-state index in [9.17, 15) is 9.59 Å². The van der Waals surface area contributed by atoms with Gasteiger partial charge in [0.25, 0.3) is 0 Å². The molecule has 0 aliphatic heterocycles. The lowest BCUT2D eigenvalue weighted by molar-refractivity contribution is -0.141. The van der Waals surface area contributed by atoms with Crippen LogP contribution in [-0.4, -0.2) is 47.9 Å². The summed E-state index contributed by atoms with van der Waals surface area (Å²) in [6.07, 6.45) is 0.692. The van der Waals surface area contributed by atoms with E-state index in [0.29, 0.717) is 19.5 Å². The number of methoxy groups -OCH3 is 1. The number of amides is 2. The number of carbonyl (C=O) groups is 2. The summed E-state index contributed by atoms with van der Waals surface area (Å²) >= 11 is 0. The van der Waals surface area contributed by atoms with Crippen LogP contribution in [0.4, 0.5) is 0 Å². The first-order valence-electron chi connectivity index (χ1n) is 9.62. The van der Waals surface area contributed by atoms with Crippen molar-refractivity contribution >= 4 is 11.8 Å². The highest BCUT2D eigenvalue weighted by molar-refractivity contribution is 5.84. The first kappa shape index (κ1) is 21.5. The van der Waals surface area contributed by atoms with Gasteiger partial charge in [-0.3, -0.25) is 9.59 Å². The maximum Gasteiger partial charge on any atom is 0.242 e. The number of rotatable bonds is 9. The van der Waals surface area contributed by atoms with Crippen molar-refractivity contribution in [2.45, 2.75) is 39.8 Å². The first-order chi connectivity index (χ1) is 13.4. The highest BCUT2D eigenvalue weighted by Gasteiger charge is 2.21. The quantitative estimate of drug-likeness (QED) is 0.667. The molecule has 150 valence electrons. The zero-order valence-corrected chi connectivity index (χ0v) is 17.2. The van der Waals surface area contributed by atoms with Crippen molar-refractivity contribution in [1.29, 1.82) is 0 Å². The van der Waals surface area contributed by atoms with Crippen LogP contribution in [-0.2, 0) is 22.6 Å². The van der Waals surface area contributed by atoms with E-state index in [-0.39, 0.29) is 24.4 Å². The van der Waals surface area contributed by atoms with Crippen molar-refractivity contribution in [3.63, 3.8) is 0 Å². The number of hydrogen-bond donors (Lipinski definition) is 0. The van der Waals surface area contributed by atoms with E-state index in [1.807, 2.05) is 73.3 Å². The molecule has 0 saturated carbocycles. The molecule has 0 unspecified atom stereocenters. The Bertz CT molecular complexity index is 757. The Labute approximate surface area is 167 Å². The minimum absolute atomic E-state index is 0.0382. The van der Waals surface area contributed by atoms with Crippen LogP contribution in [0, 0.1) is 0 Å². The Kier molecular flexibility index (Phi) is 8.05. The summed E-state index contributed by atoms with van der Waals surface area (Å²) in [4.78, 5) is 28.4. The second-order valence-corrected chi connectivity index (χ2v) is 7.14. The second-order valence-electron chi connectivity index (χ2n) is 7.14. The maximum atomic E-state index is 12.9. The molecule has 2 aromatic rings. The van der Waals surface area contributed by atoms with Gasteiger partial charge in [0.15, 0.2) is 0 Å². The van der Waals surface area contributed by atoms with Crippen molar-refractivity contribution < 1.29 is 14.3 Å². The topological polar surface area (TPSA) is 49.9 Å². The molecule has 0 saturated heterocycles. The van der Waals surface area contributed by atoms with E-state index in [1.54, 1.807) is 12.0 Å². The van der Waals surface area contributed by atoms with Gasteiger partial charge in [0.2, 0.25) is 11.8 Å². The largest absolute Gasteiger partial charge is 0.497 e. The van der Waals surface area contributed by atoms with Crippen molar-refractivity contribution in [1.82, 2.24) is 9.80 Å². The van der Waals surface area contributed by atoms with Crippen LogP contribution >= 0.6 is 0 Å². The van der Waals surface area contributed by atoms with Gasteiger partial charge in [-0.15, -0.1) is 0 Å². The summed E-state index contributed by atoms with van der Waals surface area (Å²) in [5, 5.41) is 0. The molecule has 2 aromatic carbocycles. The number of nitrogens with zero attached hydrogens (tertiary/aromatic N) is 2. The Hall–Kier alpha value is -2.82. The van der Waals surface area contributed by atoms with Crippen LogP contribution in [0.2, 0.25) is 0 Å². The normalized spacial score (nSPS) is 10.6. The van der Waals surface area contributed by atoms with Gasteiger partial charge < -0.3 is 14.5 Å². The van der Waals surface area contributed by atoms with Crippen LogP contribution in [0.3, 0.4) is 0 Å². The summed E-state index contributed by atoms with van der Waals surface area (Å²) in [6, 6.07) is 17.7. The van der Waals surface area contributed by atoms with Crippen LogP contribution in [0.15, 0.2) is 54.6 Å². The third kappa shape index (κ3) is 6.41. The predicted molar refractivity (Wildman–Crippen MR) is 111 cm³/mol. The van der Waals surface area contributed by atoms with E-state index >= 15 is 0 Å². The average molecular weight is 383 g/mol. The van der Waals surface area contributed by atoms with Gasteiger partial charge in [-0.05, 0) is 43.5 Å². The fraction of sp³-hybridized carbons (Fsp3) is 0.391. The van der Waals surface area contributed by atoms with Gasteiger partial charge in [-0.2, -0.15) is 0 Å². The van der Waals surface area contributed by atoms with Crippen molar-refractivity contribution in [3.05, 3.63) is 65.7 Å². The van der Waals surface area contributed by atoms with Crippen molar-refractivity contribution in [3.8, 4) is 5.75 Å². The molecule has 0 fully saturated rings. The molecule has 0 heterocycles. The first-order valence-corrected chi connectivity index (χ1v) is 9.62. The standard InChI is InChI=1S/C23H30N2O3/c1-18(2)25(16-21-8-6-5-7-9-21)23(27)17-24(19(3)26)15-14-20-10-12-22(28-4)13-11-20/h5-13,18H,14-17H2,1-4H3. The maximum absolute atomic E-state index is 12.9. The van der Waals surface area contributed by atoms with E-state index < -0.39 is 0 Å². The fourth-order valence-corrected chi connectivity index (χ4v) is 3.00. The molecule has 28 heavy (non-hydrogen) atoms. The van der Waals surface area contributed by atoms with E-state index in [2.05, 4.69) is 0 Å². The van der Waals surface area contributed by atoms with Gasteiger partial charge >= 0.3 is 0 Å². The Morgan fingerprint density at radius 3 is 2.14 bits per heavy atom. The molecule has 0 atom stereocenters. The molecule has 5 nitrogen and oxygen atoms in total. The lowest BCUT2D eigenvalue weighted by Crippen LogP contribution is -2.45. The molecule has 0 N–H and O–H groups in total. The summed E-state index contributed by atoms with van der Waals surface area (Å²) in [7, 11) is 1.63. The molecule has 2 amide bonds. The summed E-state index contributed by atoms with van der Waals surface area (Å²) < 4.78 is 5.17. The van der Waals surface area contributed by atoms with E-state index in [1.165, 1.54) is 6.92 Å². The minimum Gasteiger partial charge on any atom is -0.497 e. The molecule has 0 aliphatic carbocycles. The molecule has 5 heteroatoms. The predicted octanol–water partition coefficient (Wildman–Crippen LogP) is 3.52. The Balaban J connectivity index is 1.99. The van der Waals surface area contributed by atoms with Crippen LogP contribution in [0.5, 0.6) is 5.75 Å². The van der Waals surface area contributed by atoms with Gasteiger partial charge in [0, 0.05) is 26.1 Å². The lowest BCUT2D eigenvalue weighted by atomic mass is 10.1. The smallest absolute Gasteiger partial charge is 0.242 e. The van der Waals surface area contributed by atoms with Gasteiger partial charge in [-0.25, -0.2) is 0 Å². The van der Waals surface area contributed by atoms with Crippen LogP contribution in [0.25, 0.3) is 0 Å². The van der Waals surface area contributed by atoms with Crippen LogP contribution < -0.4 is 4.74 Å². The average Bonchev–Trinajstić information content (AvgIpc) is 2.69. The SMILES string of the molecule is COc1ccc(CCN(CC(=O)N(Cc2ccccc2)C(C)C)C(C)=O)cc1. The zero-order chi connectivity index (χ0) is 20.5. The molecule has 0 bridgehead atoms. The monoisotopic (exact) mass is 382 g/mol. The van der Waals surface area contributed by atoms with Gasteiger partial charge in [-0.1, -0.05) is 42.5 Å². The fourth-order valence-electron chi connectivity index (χ4n) is 3.00. The molecular formula is C23H30N2O3. The molecule has 2 rings (SSSR count). The molecule has 0 radical (unpaired) electrons. The van der Waals surface area contributed by atoms with E-state index in [4.69, 9.17) is 4.74 Å². The molecule has 0 aromatic heterocycles. The second kappa shape index (κ2) is 10.5. The number of benzene rings is 2. The molecule has 0 spiro atoms. The molecular weight excluding hydrogens is 352 g/mol. The van der Waals surface area contributed by atoms with Crippen molar-refractivity contribution in [2.75, 3.05) is 20.2 Å². The summed E-state index contributed by atoms with van der Waals surface area (Å²) in [5.74, 6) is 0.671. The van der Waals surface area contributed by atoms with E-state index in [0.717, 1.165) is 16.9 Å². The van der Waals surface area contributed by atoms with Gasteiger partial charge in [0.1, 0.15) is 5.75 Å². The molecule has 0 aliphatic rings. The highest BCUT2D eigenvalue weighted by Crippen LogP contribution is 2.13. The van der Waals surface area contributed by atoms with Crippen molar-refractivity contribution in [2.24, 2.45) is 0 Å². The summed E-state index contributed by atoms with van der Waals surface area (Å²) in [6.45, 7) is 6.65. The van der Waals surface area contributed by atoms with Crippen LogP contribution in [0.1, 0.15) is 31.9 Å². The summed E-state index contributed by atoms with van der Waals surface area (Å²) in [5.41, 5.74) is 2.18.